The average molecular weight is 448 g/mol. The summed E-state index contributed by atoms with van der Waals surface area (Å²) in [6.07, 6.45) is 7.36. The predicted octanol–water partition coefficient (Wildman–Crippen LogP) is 5.19. The Hall–Kier alpha value is -2.60. The molecule has 166 valence electrons. The van der Waals surface area contributed by atoms with Gasteiger partial charge in [-0.2, -0.15) is 0 Å². The molecule has 2 aromatic carbocycles. The molecule has 1 amide bonds. The SMILES string of the molecule is C[C@@H](Sc1nc2ccccc2c(=O)n1C1CCCC1)C(=O)N[C@@H]1CCCc2ccccc21. The number of hydrogen-bond donors (Lipinski definition) is 1. The number of benzene rings is 2. The summed E-state index contributed by atoms with van der Waals surface area (Å²) in [5, 5.41) is 4.23. The number of thioether (sulfide) groups is 1. The summed E-state index contributed by atoms with van der Waals surface area (Å²) >= 11 is 1.40. The Morgan fingerprint density at radius 1 is 1.06 bits per heavy atom. The van der Waals surface area contributed by atoms with Crippen LogP contribution in [0.2, 0.25) is 0 Å². The zero-order valence-electron chi connectivity index (χ0n) is 18.4. The highest BCUT2D eigenvalue weighted by molar-refractivity contribution is 8.00. The van der Waals surface area contributed by atoms with E-state index in [9.17, 15) is 9.59 Å². The molecule has 1 N–H and O–H groups in total. The van der Waals surface area contributed by atoms with Crippen molar-refractivity contribution in [1.82, 2.24) is 14.9 Å². The second kappa shape index (κ2) is 9.10. The van der Waals surface area contributed by atoms with Gasteiger partial charge in [-0.3, -0.25) is 14.2 Å². The van der Waals surface area contributed by atoms with Crippen LogP contribution in [-0.2, 0) is 11.2 Å². The Balaban J connectivity index is 1.41. The van der Waals surface area contributed by atoms with E-state index >= 15 is 0 Å². The Kier molecular flexibility index (Phi) is 6.05. The summed E-state index contributed by atoms with van der Waals surface area (Å²) in [5.41, 5.74) is 3.27. The number of nitrogens with one attached hydrogen (secondary N) is 1. The van der Waals surface area contributed by atoms with Gasteiger partial charge in [-0.1, -0.05) is 61.0 Å². The molecule has 2 aliphatic carbocycles. The van der Waals surface area contributed by atoms with Crippen molar-refractivity contribution in [1.29, 1.82) is 0 Å². The smallest absolute Gasteiger partial charge is 0.262 e. The molecule has 0 bridgehead atoms. The van der Waals surface area contributed by atoms with Crippen LogP contribution in [0.5, 0.6) is 0 Å². The first-order chi connectivity index (χ1) is 15.6. The first kappa shape index (κ1) is 21.3. The number of carbonyl (C=O) groups is 1. The zero-order chi connectivity index (χ0) is 22.1. The lowest BCUT2D eigenvalue weighted by molar-refractivity contribution is -0.121. The maximum absolute atomic E-state index is 13.4. The molecule has 1 fully saturated rings. The maximum Gasteiger partial charge on any atom is 0.262 e. The van der Waals surface area contributed by atoms with Crippen LogP contribution in [0.25, 0.3) is 10.9 Å². The molecule has 2 aliphatic rings. The largest absolute Gasteiger partial charge is 0.348 e. The van der Waals surface area contributed by atoms with Gasteiger partial charge in [0.05, 0.1) is 22.2 Å². The van der Waals surface area contributed by atoms with Crippen molar-refractivity contribution in [2.45, 2.75) is 74.4 Å². The number of aryl methyl sites for hydroxylation is 1. The third-order valence-electron chi connectivity index (χ3n) is 6.80. The van der Waals surface area contributed by atoms with Gasteiger partial charge in [-0.25, -0.2) is 4.98 Å². The van der Waals surface area contributed by atoms with E-state index < -0.39 is 0 Å². The Morgan fingerprint density at radius 2 is 1.81 bits per heavy atom. The predicted molar refractivity (Wildman–Crippen MR) is 129 cm³/mol. The molecule has 32 heavy (non-hydrogen) atoms. The zero-order valence-corrected chi connectivity index (χ0v) is 19.2. The third kappa shape index (κ3) is 4.08. The van der Waals surface area contributed by atoms with Gasteiger partial charge >= 0.3 is 0 Å². The minimum absolute atomic E-state index is 0.00270. The van der Waals surface area contributed by atoms with Gasteiger partial charge in [0.2, 0.25) is 5.91 Å². The highest BCUT2D eigenvalue weighted by Gasteiger charge is 2.27. The van der Waals surface area contributed by atoms with Crippen molar-refractivity contribution in [3.05, 3.63) is 70.0 Å². The molecule has 2 atom stereocenters. The van der Waals surface area contributed by atoms with Crippen LogP contribution in [0.15, 0.2) is 58.5 Å². The van der Waals surface area contributed by atoms with Gasteiger partial charge in [0.15, 0.2) is 5.16 Å². The van der Waals surface area contributed by atoms with E-state index in [-0.39, 0.29) is 28.8 Å². The molecule has 0 saturated heterocycles. The van der Waals surface area contributed by atoms with E-state index in [1.54, 1.807) is 0 Å². The first-order valence-electron chi connectivity index (χ1n) is 11.7. The summed E-state index contributed by atoms with van der Waals surface area (Å²) in [6.45, 7) is 1.91. The number of nitrogens with zero attached hydrogens (tertiary/aromatic N) is 2. The second-order valence-corrected chi connectivity index (χ2v) is 10.2. The van der Waals surface area contributed by atoms with E-state index in [1.165, 1.54) is 22.9 Å². The molecule has 0 unspecified atom stereocenters. The number of amides is 1. The quantitative estimate of drug-likeness (QED) is 0.432. The van der Waals surface area contributed by atoms with Gasteiger partial charge in [-0.15, -0.1) is 0 Å². The number of aromatic nitrogens is 2. The van der Waals surface area contributed by atoms with Crippen molar-refractivity contribution >= 4 is 28.6 Å². The summed E-state index contributed by atoms with van der Waals surface area (Å²) < 4.78 is 1.86. The van der Waals surface area contributed by atoms with Crippen molar-refractivity contribution in [3.8, 4) is 0 Å². The highest BCUT2D eigenvalue weighted by Crippen LogP contribution is 2.34. The molecular weight excluding hydrogens is 418 g/mol. The lowest BCUT2D eigenvalue weighted by atomic mass is 9.88. The number of para-hydroxylation sites is 1. The van der Waals surface area contributed by atoms with Crippen LogP contribution >= 0.6 is 11.8 Å². The summed E-state index contributed by atoms with van der Waals surface area (Å²) in [7, 11) is 0. The highest BCUT2D eigenvalue weighted by atomic mass is 32.2. The van der Waals surface area contributed by atoms with Crippen molar-refractivity contribution < 1.29 is 4.79 Å². The molecule has 1 heterocycles. The first-order valence-corrected chi connectivity index (χ1v) is 12.6. The molecule has 0 aliphatic heterocycles. The molecule has 1 aromatic heterocycles. The lowest BCUT2D eigenvalue weighted by Crippen LogP contribution is -2.36. The number of hydrogen-bond acceptors (Lipinski definition) is 4. The second-order valence-electron chi connectivity index (χ2n) is 8.94. The number of rotatable bonds is 5. The molecule has 5 rings (SSSR count). The van der Waals surface area contributed by atoms with E-state index in [0.29, 0.717) is 16.1 Å². The summed E-state index contributed by atoms with van der Waals surface area (Å²) in [6, 6.07) is 16.1. The van der Waals surface area contributed by atoms with Crippen LogP contribution in [0.1, 0.15) is 68.7 Å². The molecule has 3 aromatic rings. The van der Waals surface area contributed by atoms with Gasteiger partial charge < -0.3 is 5.32 Å². The van der Waals surface area contributed by atoms with E-state index in [0.717, 1.165) is 44.9 Å². The van der Waals surface area contributed by atoms with Crippen LogP contribution in [0.4, 0.5) is 0 Å². The number of carbonyl (C=O) groups excluding carboxylic acids is 1. The standard InChI is InChI=1S/C26H29N3O2S/c1-17(24(30)27-22-16-8-10-18-9-2-5-13-20(18)22)32-26-28-23-15-7-6-14-21(23)25(31)29(26)19-11-3-4-12-19/h2,5-7,9,13-15,17,19,22H,3-4,8,10-12,16H2,1H3,(H,27,30)/t17-,22-/m1/s1. The number of fused-ring (bicyclic) bond motifs is 2. The fraction of sp³-hybridized carbons (Fsp3) is 0.423. The Labute approximate surface area is 192 Å². The minimum atomic E-state index is -0.343. The molecule has 5 nitrogen and oxygen atoms in total. The lowest BCUT2D eigenvalue weighted by Gasteiger charge is -2.27. The monoisotopic (exact) mass is 447 g/mol. The fourth-order valence-electron chi connectivity index (χ4n) is 5.10. The summed E-state index contributed by atoms with van der Waals surface area (Å²) in [4.78, 5) is 31.3. The molecule has 6 heteroatoms. The third-order valence-corrected chi connectivity index (χ3v) is 7.87. The topological polar surface area (TPSA) is 64.0 Å². The minimum Gasteiger partial charge on any atom is -0.348 e. The van der Waals surface area contributed by atoms with Gasteiger partial charge in [0, 0.05) is 6.04 Å². The van der Waals surface area contributed by atoms with Gasteiger partial charge in [-0.05, 0) is 62.3 Å². The maximum atomic E-state index is 13.4. The van der Waals surface area contributed by atoms with Gasteiger partial charge in [0.1, 0.15) is 0 Å². The molecule has 1 saturated carbocycles. The summed E-state index contributed by atoms with van der Waals surface area (Å²) in [5.74, 6) is -0.00270. The van der Waals surface area contributed by atoms with Gasteiger partial charge in [0.25, 0.3) is 5.56 Å². The molecule has 0 spiro atoms. The van der Waals surface area contributed by atoms with Crippen LogP contribution < -0.4 is 10.9 Å². The average Bonchev–Trinajstić information content (AvgIpc) is 3.34. The van der Waals surface area contributed by atoms with E-state index in [2.05, 4.69) is 23.5 Å². The molecule has 0 radical (unpaired) electrons. The molecular formula is C26H29N3O2S. The Bertz CT molecular complexity index is 1200. The van der Waals surface area contributed by atoms with E-state index in [4.69, 9.17) is 4.98 Å². The van der Waals surface area contributed by atoms with Crippen LogP contribution in [0, 0.1) is 0 Å². The Morgan fingerprint density at radius 3 is 2.66 bits per heavy atom. The van der Waals surface area contributed by atoms with Crippen molar-refractivity contribution in [2.24, 2.45) is 0 Å². The van der Waals surface area contributed by atoms with Crippen LogP contribution in [-0.4, -0.2) is 20.7 Å². The van der Waals surface area contributed by atoms with Crippen molar-refractivity contribution in [3.63, 3.8) is 0 Å². The van der Waals surface area contributed by atoms with Crippen LogP contribution in [0.3, 0.4) is 0 Å². The normalized spacial score (nSPS) is 19.6. The fourth-order valence-corrected chi connectivity index (χ4v) is 6.09. The van der Waals surface area contributed by atoms with Crippen molar-refractivity contribution in [2.75, 3.05) is 0 Å². The van der Waals surface area contributed by atoms with E-state index in [1.807, 2.05) is 41.8 Å².